The van der Waals surface area contributed by atoms with E-state index < -0.39 is 12.0 Å². The molecule has 0 aromatic carbocycles. The normalized spacial score (nSPS) is 19.5. The molecule has 104 valence electrons. The zero-order chi connectivity index (χ0) is 14.0. The summed E-state index contributed by atoms with van der Waals surface area (Å²) in [6, 6.07) is 1.22. The lowest BCUT2D eigenvalue weighted by molar-refractivity contribution is -0.152. The summed E-state index contributed by atoms with van der Waals surface area (Å²) in [7, 11) is 0. The molecule has 2 heterocycles. The van der Waals surface area contributed by atoms with E-state index in [2.05, 4.69) is 5.10 Å². The van der Waals surface area contributed by atoms with Crippen LogP contribution in [0.3, 0.4) is 0 Å². The maximum absolute atomic E-state index is 12.2. The first-order valence-corrected chi connectivity index (χ1v) is 6.52. The van der Waals surface area contributed by atoms with Gasteiger partial charge in [0.15, 0.2) is 0 Å². The lowest BCUT2D eigenvalue weighted by Crippen LogP contribution is -2.49. The summed E-state index contributed by atoms with van der Waals surface area (Å²) >= 11 is 0. The van der Waals surface area contributed by atoms with Gasteiger partial charge in [-0.1, -0.05) is 0 Å². The van der Waals surface area contributed by atoms with Crippen LogP contribution in [0.5, 0.6) is 0 Å². The fourth-order valence-corrected chi connectivity index (χ4v) is 2.54. The van der Waals surface area contributed by atoms with Crippen molar-refractivity contribution in [1.82, 2.24) is 14.7 Å². The van der Waals surface area contributed by atoms with Crippen LogP contribution < -0.4 is 0 Å². The van der Waals surface area contributed by atoms with Crippen molar-refractivity contribution in [3.8, 4) is 0 Å². The largest absolute Gasteiger partial charge is 0.480 e. The van der Waals surface area contributed by atoms with E-state index in [4.69, 9.17) is 5.11 Å². The SMILES string of the molecule is Cc1cc(C)n(CC(=O)N2CCCC[C@H]2C(=O)O)n1. The number of aryl methyl sites for hydroxylation is 2. The topological polar surface area (TPSA) is 75.4 Å². The van der Waals surface area contributed by atoms with Crippen LogP contribution in [0.2, 0.25) is 0 Å². The Labute approximate surface area is 112 Å². The van der Waals surface area contributed by atoms with Gasteiger partial charge in [0, 0.05) is 12.2 Å². The van der Waals surface area contributed by atoms with Crippen molar-refractivity contribution in [3.05, 3.63) is 17.5 Å². The first kappa shape index (κ1) is 13.6. The van der Waals surface area contributed by atoms with Crippen LogP contribution in [-0.2, 0) is 16.1 Å². The highest BCUT2D eigenvalue weighted by molar-refractivity contribution is 5.83. The second kappa shape index (κ2) is 5.42. The number of carbonyl (C=O) groups excluding carboxylic acids is 1. The number of aromatic nitrogens is 2. The van der Waals surface area contributed by atoms with Gasteiger partial charge in [0.25, 0.3) is 0 Å². The maximum Gasteiger partial charge on any atom is 0.326 e. The van der Waals surface area contributed by atoms with E-state index in [1.807, 2.05) is 19.9 Å². The maximum atomic E-state index is 12.2. The lowest BCUT2D eigenvalue weighted by atomic mass is 10.0. The van der Waals surface area contributed by atoms with Crippen LogP contribution in [0.4, 0.5) is 0 Å². The minimum atomic E-state index is -0.915. The highest BCUT2D eigenvalue weighted by Gasteiger charge is 2.31. The molecule has 0 bridgehead atoms. The first-order chi connectivity index (χ1) is 8.99. The molecule has 6 heteroatoms. The quantitative estimate of drug-likeness (QED) is 0.883. The van der Waals surface area contributed by atoms with Gasteiger partial charge in [0.05, 0.1) is 5.69 Å². The second-order valence-corrected chi connectivity index (χ2v) is 5.02. The number of carboxylic acid groups (broad SMARTS) is 1. The highest BCUT2D eigenvalue weighted by Crippen LogP contribution is 2.18. The van der Waals surface area contributed by atoms with Gasteiger partial charge in [-0.2, -0.15) is 5.10 Å². The molecule has 19 heavy (non-hydrogen) atoms. The smallest absolute Gasteiger partial charge is 0.326 e. The Kier molecular flexibility index (Phi) is 3.87. The zero-order valence-corrected chi connectivity index (χ0v) is 11.3. The van der Waals surface area contributed by atoms with E-state index in [0.29, 0.717) is 13.0 Å². The van der Waals surface area contributed by atoms with Gasteiger partial charge in [-0.15, -0.1) is 0 Å². The number of piperidine rings is 1. The Balaban J connectivity index is 2.09. The van der Waals surface area contributed by atoms with Gasteiger partial charge < -0.3 is 10.0 Å². The van der Waals surface area contributed by atoms with Crippen molar-refractivity contribution in [1.29, 1.82) is 0 Å². The Morgan fingerprint density at radius 3 is 2.74 bits per heavy atom. The molecule has 1 aromatic rings. The molecule has 1 aliphatic rings. The van der Waals surface area contributed by atoms with Crippen LogP contribution in [0, 0.1) is 13.8 Å². The van der Waals surface area contributed by atoms with E-state index in [1.165, 1.54) is 4.90 Å². The van der Waals surface area contributed by atoms with E-state index in [1.54, 1.807) is 4.68 Å². The fraction of sp³-hybridized carbons (Fsp3) is 0.615. The summed E-state index contributed by atoms with van der Waals surface area (Å²) in [5.74, 6) is -1.08. The lowest BCUT2D eigenvalue weighted by Gasteiger charge is -2.33. The van der Waals surface area contributed by atoms with Crippen molar-refractivity contribution in [2.24, 2.45) is 0 Å². The average molecular weight is 265 g/mol. The van der Waals surface area contributed by atoms with Gasteiger partial charge >= 0.3 is 5.97 Å². The number of carboxylic acids is 1. The Bertz CT molecular complexity index is 495. The molecule has 0 aliphatic carbocycles. The number of carbonyl (C=O) groups is 2. The van der Waals surface area contributed by atoms with Gasteiger partial charge in [0.2, 0.25) is 5.91 Å². The molecule has 1 aliphatic heterocycles. The van der Waals surface area contributed by atoms with E-state index in [-0.39, 0.29) is 12.5 Å². The minimum Gasteiger partial charge on any atom is -0.480 e. The van der Waals surface area contributed by atoms with Crippen LogP contribution >= 0.6 is 0 Å². The zero-order valence-electron chi connectivity index (χ0n) is 11.3. The van der Waals surface area contributed by atoms with Crippen molar-refractivity contribution < 1.29 is 14.7 Å². The van der Waals surface area contributed by atoms with Crippen molar-refractivity contribution in [3.63, 3.8) is 0 Å². The number of nitrogens with zero attached hydrogens (tertiary/aromatic N) is 3. The third kappa shape index (κ3) is 2.94. The molecule has 1 fully saturated rings. The third-order valence-corrected chi connectivity index (χ3v) is 3.50. The van der Waals surface area contributed by atoms with Crippen molar-refractivity contribution in [2.45, 2.75) is 45.7 Å². The minimum absolute atomic E-state index is 0.115. The third-order valence-electron chi connectivity index (χ3n) is 3.50. The molecule has 6 nitrogen and oxygen atoms in total. The molecular weight excluding hydrogens is 246 g/mol. The predicted molar refractivity (Wildman–Crippen MR) is 68.7 cm³/mol. The molecule has 1 atom stereocenters. The Morgan fingerprint density at radius 2 is 2.16 bits per heavy atom. The summed E-state index contributed by atoms with van der Waals surface area (Å²) in [5, 5.41) is 13.4. The highest BCUT2D eigenvalue weighted by atomic mass is 16.4. The fourth-order valence-electron chi connectivity index (χ4n) is 2.54. The Hall–Kier alpha value is -1.85. The average Bonchev–Trinajstić information content (AvgIpc) is 2.67. The summed E-state index contributed by atoms with van der Waals surface area (Å²) in [6.07, 6.45) is 2.27. The van der Waals surface area contributed by atoms with Crippen molar-refractivity contribution in [2.75, 3.05) is 6.54 Å². The second-order valence-electron chi connectivity index (χ2n) is 5.02. The van der Waals surface area contributed by atoms with Crippen LogP contribution in [-0.4, -0.2) is 44.3 Å². The molecule has 1 amide bonds. The first-order valence-electron chi connectivity index (χ1n) is 6.52. The molecule has 2 rings (SSSR count). The Morgan fingerprint density at radius 1 is 1.42 bits per heavy atom. The van der Waals surface area contributed by atoms with E-state index in [9.17, 15) is 9.59 Å². The molecule has 1 aromatic heterocycles. The molecule has 0 radical (unpaired) electrons. The molecular formula is C13H19N3O3. The summed E-state index contributed by atoms with van der Waals surface area (Å²) in [4.78, 5) is 24.9. The van der Waals surface area contributed by atoms with Gasteiger partial charge in [-0.3, -0.25) is 9.48 Å². The molecule has 1 N–H and O–H groups in total. The molecule has 0 unspecified atom stereocenters. The van der Waals surface area contributed by atoms with E-state index in [0.717, 1.165) is 24.2 Å². The number of rotatable bonds is 3. The predicted octanol–water partition coefficient (Wildman–Crippen LogP) is 0.966. The number of likely N-dealkylation sites (tertiary alicyclic amines) is 1. The number of hydrogen-bond acceptors (Lipinski definition) is 3. The van der Waals surface area contributed by atoms with Gasteiger partial charge in [-0.25, -0.2) is 4.79 Å². The van der Waals surface area contributed by atoms with Gasteiger partial charge in [-0.05, 0) is 39.2 Å². The van der Waals surface area contributed by atoms with Crippen molar-refractivity contribution >= 4 is 11.9 Å². The summed E-state index contributed by atoms with van der Waals surface area (Å²) in [5.41, 5.74) is 1.77. The summed E-state index contributed by atoms with van der Waals surface area (Å²) in [6.45, 7) is 4.39. The van der Waals surface area contributed by atoms with Crippen LogP contribution in [0.25, 0.3) is 0 Å². The van der Waals surface area contributed by atoms with Crippen LogP contribution in [0.15, 0.2) is 6.07 Å². The van der Waals surface area contributed by atoms with Crippen LogP contribution in [0.1, 0.15) is 30.7 Å². The molecule has 1 saturated heterocycles. The summed E-state index contributed by atoms with van der Waals surface area (Å²) < 4.78 is 1.63. The standard InChI is InChI=1S/C13H19N3O3/c1-9-7-10(2)16(14-9)8-12(17)15-6-4-3-5-11(15)13(18)19/h7,11H,3-6,8H2,1-2H3,(H,18,19)/t11-/m0/s1. The number of aliphatic carboxylic acids is 1. The molecule has 0 saturated carbocycles. The monoisotopic (exact) mass is 265 g/mol. The number of hydrogen-bond donors (Lipinski definition) is 1. The number of amides is 1. The van der Waals surface area contributed by atoms with Gasteiger partial charge in [0.1, 0.15) is 12.6 Å². The molecule has 0 spiro atoms. The van der Waals surface area contributed by atoms with E-state index >= 15 is 0 Å².